The molecule has 0 radical (unpaired) electrons. The van der Waals surface area contributed by atoms with Gasteiger partial charge in [-0.2, -0.15) is 5.10 Å². The van der Waals surface area contributed by atoms with Gasteiger partial charge in [-0.1, -0.05) is 32.0 Å². The van der Waals surface area contributed by atoms with Crippen molar-refractivity contribution in [3.05, 3.63) is 64.5 Å². The van der Waals surface area contributed by atoms with Gasteiger partial charge in [-0.05, 0) is 11.6 Å². The summed E-state index contributed by atoms with van der Waals surface area (Å²) in [6.45, 7) is 4.15. The van der Waals surface area contributed by atoms with Crippen molar-refractivity contribution in [2.45, 2.75) is 25.8 Å². The number of carbonyl (C=O) groups is 1. The van der Waals surface area contributed by atoms with Crippen molar-refractivity contribution >= 4 is 22.5 Å². The molecule has 3 heterocycles. The van der Waals surface area contributed by atoms with Crippen molar-refractivity contribution in [3.63, 3.8) is 0 Å². The summed E-state index contributed by atoms with van der Waals surface area (Å²) in [5, 5.41) is 4.46. The summed E-state index contributed by atoms with van der Waals surface area (Å²) >= 11 is 0. The first kappa shape index (κ1) is 17.2. The number of aryl methyl sites for hydroxylation is 1. The van der Waals surface area contributed by atoms with Crippen LogP contribution in [-0.4, -0.2) is 32.2 Å². The van der Waals surface area contributed by atoms with Gasteiger partial charge in [-0.25, -0.2) is 4.98 Å². The summed E-state index contributed by atoms with van der Waals surface area (Å²) in [7, 11) is 3.69. The molecule has 0 unspecified atom stereocenters. The van der Waals surface area contributed by atoms with Crippen molar-refractivity contribution in [1.82, 2.24) is 19.3 Å². The van der Waals surface area contributed by atoms with Crippen LogP contribution in [0, 0.1) is 0 Å². The number of benzene rings is 1. The first-order chi connectivity index (χ1) is 12.8. The van der Waals surface area contributed by atoms with Crippen molar-refractivity contribution < 1.29 is 4.79 Å². The van der Waals surface area contributed by atoms with E-state index in [-0.39, 0.29) is 23.3 Å². The fraction of sp³-hybridized carbons (Fsp3) is 0.300. The monoisotopic (exact) mass is 363 g/mol. The first-order valence-corrected chi connectivity index (χ1v) is 8.76. The molecular weight excluding hydrogens is 342 g/mol. The number of ketones is 1. The zero-order valence-corrected chi connectivity index (χ0v) is 15.8. The number of anilines is 1. The molecule has 0 saturated heterocycles. The van der Waals surface area contributed by atoms with Gasteiger partial charge in [-0.3, -0.25) is 18.8 Å². The highest BCUT2D eigenvalue weighted by Crippen LogP contribution is 2.46. The van der Waals surface area contributed by atoms with Crippen LogP contribution in [0.15, 0.2) is 53.4 Å². The van der Waals surface area contributed by atoms with Gasteiger partial charge in [0.1, 0.15) is 11.7 Å². The molecule has 1 aromatic carbocycles. The maximum atomic E-state index is 12.7. The number of hydrogen-bond donors (Lipinski definition) is 0. The van der Waals surface area contributed by atoms with Crippen molar-refractivity contribution in [2.75, 3.05) is 11.9 Å². The van der Waals surface area contributed by atoms with Crippen molar-refractivity contribution in [2.24, 2.45) is 7.05 Å². The molecule has 27 heavy (non-hydrogen) atoms. The average molecular weight is 363 g/mol. The van der Waals surface area contributed by atoms with E-state index in [1.807, 2.05) is 30.1 Å². The highest BCUT2D eigenvalue weighted by molar-refractivity contribution is 5.92. The molecule has 0 spiro atoms. The molecule has 1 aliphatic rings. The molecule has 2 aromatic heterocycles. The second kappa shape index (κ2) is 5.90. The molecule has 7 nitrogen and oxygen atoms in total. The largest absolute Gasteiger partial charge is 0.347 e. The molecule has 7 heteroatoms. The van der Waals surface area contributed by atoms with E-state index in [1.165, 1.54) is 27.3 Å². The number of allylic oxidation sites excluding steroid dienone is 2. The third kappa shape index (κ3) is 2.58. The molecule has 138 valence electrons. The molecule has 4 rings (SSSR count). The fourth-order valence-corrected chi connectivity index (χ4v) is 3.80. The lowest BCUT2D eigenvalue weighted by atomic mass is 9.83. The molecule has 0 atom stereocenters. The SMILES string of the molecule is CN1C(=CC(=O)Cn2cnc3c(cnn3C)c2=O)C(C)(C)c2ccccc21. The topological polar surface area (TPSA) is 73.0 Å². The molecule has 1 aliphatic heterocycles. The molecule has 0 N–H and O–H groups in total. The van der Waals surface area contributed by atoms with Gasteiger partial charge in [0.25, 0.3) is 5.56 Å². The Morgan fingerprint density at radius 1 is 1.22 bits per heavy atom. The number of carbonyl (C=O) groups excluding carboxylic acids is 1. The molecule has 0 fully saturated rings. The van der Waals surface area contributed by atoms with Gasteiger partial charge in [0.15, 0.2) is 11.4 Å². The second-order valence-corrected chi connectivity index (χ2v) is 7.38. The zero-order valence-electron chi connectivity index (χ0n) is 15.8. The van der Waals surface area contributed by atoms with E-state index in [9.17, 15) is 9.59 Å². The van der Waals surface area contributed by atoms with Crippen LogP contribution in [0.3, 0.4) is 0 Å². The fourth-order valence-electron chi connectivity index (χ4n) is 3.80. The molecule has 0 aliphatic carbocycles. The van der Waals surface area contributed by atoms with Gasteiger partial charge < -0.3 is 4.90 Å². The average Bonchev–Trinajstić information content (AvgIpc) is 3.10. The van der Waals surface area contributed by atoms with E-state index < -0.39 is 0 Å². The quantitative estimate of drug-likeness (QED) is 0.666. The van der Waals surface area contributed by atoms with Crippen LogP contribution < -0.4 is 10.5 Å². The van der Waals surface area contributed by atoms with Gasteiger partial charge in [-0.15, -0.1) is 0 Å². The van der Waals surface area contributed by atoms with Crippen LogP contribution >= 0.6 is 0 Å². The Kier molecular flexibility index (Phi) is 3.76. The van der Waals surface area contributed by atoms with Crippen LogP contribution in [0.25, 0.3) is 11.0 Å². The lowest BCUT2D eigenvalue weighted by molar-refractivity contribution is -0.115. The molecular formula is C20H21N5O2. The summed E-state index contributed by atoms with van der Waals surface area (Å²) in [4.78, 5) is 31.6. The van der Waals surface area contributed by atoms with E-state index in [0.29, 0.717) is 11.0 Å². The van der Waals surface area contributed by atoms with Gasteiger partial charge >= 0.3 is 0 Å². The van der Waals surface area contributed by atoms with E-state index in [1.54, 1.807) is 13.1 Å². The van der Waals surface area contributed by atoms with Crippen LogP contribution in [0.1, 0.15) is 19.4 Å². The highest BCUT2D eigenvalue weighted by Gasteiger charge is 2.38. The van der Waals surface area contributed by atoms with Gasteiger partial charge in [0, 0.05) is 37.0 Å². The Balaban J connectivity index is 1.67. The maximum Gasteiger partial charge on any atom is 0.264 e. The van der Waals surface area contributed by atoms with E-state index in [4.69, 9.17) is 0 Å². The number of para-hydroxylation sites is 1. The van der Waals surface area contributed by atoms with E-state index >= 15 is 0 Å². The number of fused-ring (bicyclic) bond motifs is 2. The van der Waals surface area contributed by atoms with E-state index in [0.717, 1.165) is 11.4 Å². The third-order valence-corrected chi connectivity index (χ3v) is 5.28. The summed E-state index contributed by atoms with van der Waals surface area (Å²) in [5.41, 5.74) is 3.16. The van der Waals surface area contributed by atoms with Crippen molar-refractivity contribution in [1.29, 1.82) is 0 Å². The normalized spacial score (nSPS) is 16.9. The summed E-state index contributed by atoms with van der Waals surface area (Å²) in [6.07, 6.45) is 4.52. The number of rotatable bonds is 3. The molecule has 0 amide bonds. The Labute approximate surface area is 156 Å². The number of likely N-dealkylation sites (N-methyl/N-ethyl adjacent to an activating group) is 1. The van der Waals surface area contributed by atoms with Gasteiger partial charge in [0.2, 0.25) is 0 Å². The summed E-state index contributed by atoms with van der Waals surface area (Å²) < 4.78 is 2.87. The Hall–Kier alpha value is -3.22. The Morgan fingerprint density at radius 2 is 1.96 bits per heavy atom. The standard InChI is InChI=1S/C20H21N5O2/c1-20(2)15-7-5-6-8-16(15)23(3)17(20)9-13(26)11-25-12-21-18-14(19(25)27)10-22-24(18)4/h5-10,12H,11H2,1-4H3. The smallest absolute Gasteiger partial charge is 0.264 e. The molecule has 3 aromatic rings. The van der Waals surface area contributed by atoms with Crippen molar-refractivity contribution in [3.8, 4) is 0 Å². The Morgan fingerprint density at radius 3 is 2.70 bits per heavy atom. The first-order valence-electron chi connectivity index (χ1n) is 8.76. The second-order valence-electron chi connectivity index (χ2n) is 7.38. The van der Waals surface area contributed by atoms with Crippen LogP contribution in [0.5, 0.6) is 0 Å². The van der Waals surface area contributed by atoms with E-state index in [2.05, 4.69) is 30.0 Å². The minimum absolute atomic E-state index is 0.0551. The molecule has 0 saturated carbocycles. The maximum absolute atomic E-state index is 12.7. The summed E-state index contributed by atoms with van der Waals surface area (Å²) in [5.74, 6) is -0.148. The third-order valence-electron chi connectivity index (χ3n) is 5.28. The summed E-state index contributed by atoms with van der Waals surface area (Å²) in [6, 6.07) is 8.13. The van der Waals surface area contributed by atoms with Gasteiger partial charge in [0.05, 0.1) is 12.7 Å². The van der Waals surface area contributed by atoms with Crippen LogP contribution in [0.4, 0.5) is 5.69 Å². The predicted octanol–water partition coefficient (Wildman–Crippen LogP) is 2.01. The lowest BCUT2D eigenvalue weighted by Gasteiger charge is -2.24. The lowest BCUT2D eigenvalue weighted by Crippen LogP contribution is -2.27. The predicted molar refractivity (Wildman–Crippen MR) is 104 cm³/mol. The number of aromatic nitrogens is 4. The zero-order chi connectivity index (χ0) is 19.3. The minimum atomic E-state index is -0.280. The molecule has 0 bridgehead atoms. The minimum Gasteiger partial charge on any atom is -0.347 e. The number of nitrogens with zero attached hydrogens (tertiary/aromatic N) is 5. The van der Waals surface area contributed by atoms with Crippen LogP contribution in [0.2, 0.25) is 0 Å². The number of hydrogen-bond acceptors (Lipinski definition) is 5. The van der Waals surface area contributed by atoms with Crippen LogP contribution in [-0.2, 0) is 23.8 Å². The highest BCUT2D eigenvalue weighted by atomic mass is 16.1. The Bertz CT molecular complexity index is 1150.